The van der Waals surface area contributed by atoms with E-state index in [1.807, 2.05) is 45.6 Å². The largest absolute Gasteiger partial charge is 0.379 e. The first kappa shape index (κ1) is 44.1. The lowest BCUT2D eigenvalue weighted by molar-refractivity contribution is -0.146. The maximum Gasteiger partial charge on any atom is 0.242 e. The molecule has 3 N–H and O–H groups in total. The zero-order chi connectivity index (χ0) is 38.2. The van der Waals surface area contributed by atoms with Gasteiger partial charge >= 0.3 is 0 Å². The Bertz CT molecular complexity index is 1190. The van der Waals surface area contributed by atoms with Gasteiger partial charge in [0.15, 0.2) is 0 Å². The Labute approximate surface area is 307 Å². The number of piperazine rings is 1. The third kappa shape index (κ3) is 12.5. The topological polar surface area (TPSA) is 133 Å². The van der Waals surface area contributed by atoms with E-state index in [9.17, 15) is 19.2 Å². The van der Waals surface area contributed by atoms with Crippen molar-refractivity contribution in [2.45, 2.75) is 110 Å². The predicted molar refractivity (Wildman–Crippen MR) is 203 cm³/mol. The Kier molecular flexibility index (Phi) is 19.1. The van der Waals surface area contributed by atoms with E-state index in [1.54, 1.807) is 38.3 Å². The van der Waals surface area contributed by atoms with Crippen LogP contribution in [0, 0.1) is 17.8 Å². The van der Waals surface area contributed by atoms with Gasteiger partial charge in [-0.25, -0.2) is 0 Å². The molecule has 2 aliphatic rings. The fraction of sp³-hybridized carbons (Fsp3) is 0.744. The van der Waals surface area contributed by atoms with Gasteiger partial charge in [0.05, 0.1) is 49.2 Å². The number of hydrogen-bond acceptors (Lipinski definition) is 8. The summed E-state index contributed by atoms with van der Waals surface area (Å²) in [5.74, 6) is -1.01. The molecule has 0 aliphatic carbocycles. The van der Waals surface area contributed by atoms with Crippen LogP contribution in [-0.4, -0.2) is 135 Å². The third-order valence-corrected chi connectivity index (χ3v) is 10.7. The Balaban J connectivity index is 2.13. The fourth-order valence-electron chi connectivity index (χ4n) is 7.72. The van der Waals surface area contributed by atoms with Crippen LogP contribution in [0.25, 0.3) is 0 Å². The van der Waals surface area contributed by atoms with Gasteiger partial charge in [0.2, 0.25) is 23.6 Å². The van der Waals surface area contributed by atoms with Crippen molar-refractivity contribution in [2.24, 2.45) is 17.8 Å². The fourth-order valence-corrected chi connectivity index (χ4v) is 7.72. The molecule has 290 valence electrons. The van der Waals surface area contributed by atoms with Crippen LogP contribution in [0.1, 0.15) is 73.6 Å². The van der Waals surface area contributed by atoms with Crippen LogP contribution in [0.2, 0.25) is 0 Å². The molecule has 51 heavy (non-hydrogen) atoms. The molecule has 2 aliphatic heterocycles. The highest BCUT2D eigenvalue weighted by atomic mass is 16.5. The summed E-state index contributed by atoms with van der Waals surface area (Å²) in [5, 5.41) is 9.32. The van der Waals surface area contributed by atoms with E-state index in [4.69, 9.17) is 9.47 Å². The van der Waals surface area contributed by atoms with E-state index in [0.717, 1.165) is 51.0 Å². The van der Waals surface area contributed by atoms with E-state index in [2.05, 4.69) is 40.9 Å². The zero-order valence-corrected chi connectivity index (χ0v) is 32.9. The van der Waals surface area contributed by atoms with Gasteiger partial charge in [-0.2, -0.15) is 0 Å². The van der Waals surface area contributed by atoms with E-state index in [-0.39, 0.29) is 66.6 Å². The van der Waals surface area contributed by atoms with Gasteiger partial charge in [-0.15, -0.1) is 0 Å². The highest BCUT2D eigenvalue weighted by Gasteiger charge is 2.42. The van der Waals surface area contributed by atoms with Crippen LogP contribution < -0.4 is 16.0 Å². The number of carbonyl (C=O) groups excluding carboxylic acids is 4. The number of allylic oxidation sites excluding steroid dienone is 3. The molecule has 2 rings (SSSR count). The molecule has 0 bridgehead atoms. The molecule has 0 saturated carbocycles. The summed E-state index contributed by atoms with van der Waals surface area (Å²) in [5.41, 5.74) is 0.979. The summed E-state index contributed by atoms with van der Waals surface area (Å²) in [6, 6.07) is -1.11. The minimum atomic E-state index is -0.576. The lowest BCUT2D eigenvalue weighted by atomic mass is 9.90. The molecule has 12 nitrogen and oxygen atoms in total. The van der Waals surface area contributed by atoms with Crippen molar-refractivity contribution in [1.29, 1.82) is 0 Å². The normalized spacial score (nSPS) is 21.2. The number of amides is 4. The first-order valence-corrected chi connectivity index (χ1v) is 18.8. The summed E-state index contributed by atoms with van der Waals surface area (Å²) in [6.07, 6.45) is 7.23. The number of nitrogens with one attached hydrogen (secondary N) is 3. The van der Waals surface area contributed by atoms with Crippen LogP contribution in [0.5, 0.6) is 0 Å². The van der Waals surface area contributed by atoms with E-state index < -0.39 is 24.2 Å². The highest BCUT2D eigenvalue weighted by molar-refractivity contribution is 5.88. The summed E-state index contributed by atoms with van der Waals surface area (Å²) in [7, 11) is 4.89. The number of likely N-dealkylation sites (tertiary alicyclic amines) is 1. The molecule has 0 radical (unpaired) electrons. The molecular formula is C39H68N6O6. The number of methoxy groups -OCH3 is 2. The monoisotopic (exact) mass is 717 g/mol. The van der Waals surface area contributed by atoms with Gasteiger partial charge < -0.3 is 35.2 Å². The molecule has 2 fully saturated rings. The molecule has 0 aromatic carbocycles. The summed E-state index contributed by atoms with van der Waals surface area (Å²) in [6.45, 7) is 23.2. The average molecular weight is 717 g/mol. The van der Waals surface area contributed by atoms with Crippen LogP contribution in [-0.2, 0) is 28.7 Å². The van der Waals surface area contributed by atoms with Crippen molar-refractivity contribution < 1.29 is 28.7 Å². The zero-order valence-electron chi connectivity index (χ0n) is 32.9. The van der Waals surface area contributed by atoms with E-state index in [0.29, 0.717) is 13.0 Å². The Hall–Kier alpha value is -3.06. The molecular weight excluding hydrogens is 648 g/mol. The summed E-state index contributed by atoms with van der Waals surface area (Å²) in [4.78, 5) is 60.0. The lowest BCUT2D eigenvalue weighted by Gasteiger charge is -2.39. The van der Waals surface area contributed by atoms with Gasteiger partial charge in [-0.1, -0.05) is 72.4 Å². The molecule has 4 amide bonds. The van der Waals surface area contributed by atoms with Crippen molar-refractivity contribution in [3.63, 3.8) is 0 Å². The van der Waals surface area contributed by atoms with Crippen molar-refractivity contribution in [2.75, 3.05) is 60.5 Å². The molecule has 0 aromatic heterocycles. The lowest BCUT2D eigenvalue weighted by Crippen LogP contribution is -2.57. The first-order valence-electron chi connectivity index (χ1n) is 18.8. The number of carbonyl (C=O) groups is 4. The van der Waals surface area contributed by atoms with Gasteiger partial charge in [-0.3, -0.25) is 24.1 Å². The maximum absolute atomic E-state index is 14.0. The summed E-state index contributed by atoms with van der Waals surface area (Å²) < 4.78 is 11.9. The van der Waals surface area contributed by atoms with Crippen molar-refractivity contribution >= 4 is 23.6 Å². The van der Waals surface area contributed by atoms with Crippen LogP contribution in [0.15, 0.2) is 37.0 Å². The molecule has 2 heterocycles. The standard InChI is InChI=1S/C39H68N6O6/c1-12-16-30(14-3)23-28(7)42-38(48)29(8)37(51-11)31-17-15-20-45(31)33(46)24-32(50-10)36(27(6)13-2)43(9)34(47)25-41-39(49)35(26(4)5)44-21-18-40-19-22-44/h12,14,16,26-29,31-32,35-37,40H,1,3,13,15,17-25H2,2,4-11H3,(H,41,49)(H,42,48)/b30-16+. The quantitative estimate of drug-likeness (QED) is 0.155. The van der Waals surface area contributed by atoms with Gasteiger partial charge in [0.1, 0.15) is 0 Å². The Morgan fingerprint density at radius 2 is 1.65 bits per heavy atom. The van der Waals surface area contributed by atoms with E-state index in [1.165, 1.54) is 0 Å². The van der Waals surface area contributed by atoms with Crippen LogP contribution in [0.3, 0.4) is 0 Å². The van der Waals surface area contributed by atoms with Crippen LogP contribution >= 0.6 is 0 Å². The number of hydrogen-bond donors (Lipinski definition) is 3. The smallest absolute Gasteiger partial charge is 0.242 e. The second kappa shape index (κ2) is 22.1. The molecule has 2 saturated heterocycles. The average Bonchev–Trinajstić information content (AvgIpc) is 3.60. The first-order chi connectivity index (χ1) is 24.2. The van der Waals surface area contributed by atoms with Crippen molar-refractivity contribution in [3.05, 3.63) is 37.0 Å². The minimum Gasteiger partial charge on any atom is -0.379 e. The number of ether oxygens (including phenoxy) is 2. The Morgan fingerprint density at radius 3 is 2.20 bits per heavy atom. The van der Waals surface area contributed by atoms with Crippen LogP contribution in [0.4, 0.5) is 0 Å². The molecule has 0 spiro atoms. The SMILES string of the molecule is C=C/C=C(\C=C)CC(C)NC(=O)C(C)C(OC)C1CCCN1C(=O)CC(OC)C(C(C)CC)N(C)C(=O)CNC(=O)C(C(C)C)N1CCNCC1. The number of likely N-dealkylation sites (N-methyl/N-ethyl adjacent to an activating group) is 1. The number of nitrogens with zero attached hydrogens (tertiary/aromatic N) is 3. The minimum absolute atomic E-state index is 0.0198. The second-order valence-corrected chi connectivity index (χ2v) is 14.6. The Morgan fingerprint density at radius 1 is 0.980 bits per heavy atom. The van der Waals surface area contributed by atoms with Gasteiger partial charge in [-0.05, 0) is 43.6 Å². The molecule has 8 unspecified atom stereocenters. The molecule has 0 aromatic rings. The van der Waals surface area contributed by atoms with Gasteiger partial charge in [0.25, 0.3) is 0 Å². The summed E-state index contributed by atoms with van der Waals surface area (Å²) >= 11 is 0. The predicted octanol–water partition coefficient (Wildman–Crippen LogP) is 3.15. The second-order valence-electron chi connectivity index (χ2n) is 14.6. The van der Waals surface area contributed by atoms with Crippen molar-refractivity contribution in [3.8, 4) is 0 Å². The maximum atomic E-state index is 14.0. The highest BCUT2D eigenvalue weighted by Crippen LogP contribution is 2.29. The molecule has 8 atom stereocenters. The van der Waals surface area contributed by atoms with Gasteiger partial charge in [0, 0.05) is 60.0 Å². The number of rotatable bonds is 21. The van der Waals surface area contributed by atoms with Crippen molar-refractivity contribution in [1.82, 2.24) is 30.7 Å². The van der Waals surface area contributed by atoms with E-state index >= 15 is 0 Å². The third-order valence-electron chi connectivity index (χ3n) is 10.7. The molecule has 12 heteroatoms.